The number of benzene rings is 1. The summed E-state index contributed by atoms with van der Waals surface area (Å²) < 4.78 is 21.0. The standard InChI is InChI=1S/C16H23N3O5/c1-2-24-16(20)15-5-3-4-14(12-15)13-23-11-10-22-9-8-21-7-6-18-19-17/h3-5,12H,2,6-11,13H2,1H3. The van der Waals surface area contributed by atoms with Crippen molar-refractivity contribution < 1.29 is 23.7 Å². The van der Waals surface area contributed by atoms with Crippen molar-refractivity contribution in [3.8, 4) is 0 Å². The molecule has 0 saturated carbocycles. The average molecular weight is 337 g/mol. The van der Waals surface area contributed by atoms with E-state index in [1.807, 2.05) is 6.07 Å². The molecule has 0 radical (unpaired) electrons. The van der Waals surface area contributed by atoms with Crippen molar-refractivity contribution in [3.63, 3.8) is 0 Å². The second kappa shape index (κ2) is 13.3. The Balaban J connectivity index is 2.08. The Morgan fingerprint density at radius 2 is 1.83 bits per heavy atom. The molecule has 0 aliphatic heterocycles. The number of nitrogens with zero attached hydrogens (tertiary/aromatic N) is 3. The fraction of sp³-hybridized carbons (Fsp3) is 0.562. The molecule has 132 valence electrons. The van der Waals surface area contributed by atoms with E-state index < -0.39 is 0 Å². The first-order valence-electron chi connectivity index (χ1n) is 7.78. The maximum absolute atomic E-state index is 11.6. The molecule has 1 rings (SSSR count). The molecule has 0 atom stereocenters. The van der Waals surface area contributed by atoms with E-state index in [1.165, 1.54) is 0 Å². The van der Waals surface area contributed by atoms with Crippen LogP contribution in [0.5, 0.6) is 0 Å². The van der Waals surface area contributed by atoms with Crippen molar-refractivity contribution in [3.05, 3.63) is 45.8 Å². The molecule has 0 heterocycles. The predicted molar refractivity (Wildman–Crippen MR) is 87.7 cm³/mol. The van der Waals surface area contributed by atoms with Gasteiger partial charge < -0.3 is 18.9 Å². The van der Waals surface area contributed by atoms with Crippen LogP contribution < -0.4 is 0 Å². The van der Waals surface area contributed by atoms with Crippen molar-refractivity contribution in [1.82, 2.24) is 0 Å². The van der Waals surface area contributed by atoms with E-state index in [4.69, 9.17) is 24.5 Å². The third-order valence-corrected chi connectivity index (χ3v) is 2.85. The van der Waals surface area contributed by atoms with E-state index in [1.54, 1.807) is 25.1 Å². The molecule has 1 aromatic carbocycles. The summed E-state index contributed by atoms with van der Waals surface area (Å²) in [4.78, 5) is 14.3. The van der Waals surface area contributed by atoms with Crippen LogP contribution in [0.2, 0.25) is 0 Å². The monoisotopic (exact) mass is 337 g/mol. The van der Waals surface area contributed by atoms with Gasteiger partial charge in [-0.2, -0.15) is 0 Å². The molecular weight excluding hydrogens is 314 g/mol. The third kappa shape index (κ3) is 9.12. The highest BCUT2D eigenvalue weighted by Crippen LogP contribution is 2.08. The van der Waals surface area contributed by atoms with Crippen LogP contribution in [0.25, 0.3) is 10.4 Å². The van der Waals surface area contributed by atoms with Gasteiger partial charge in [0.1, 0.15) is 0 Å². The van der Waals surface area contributed by atoms with E-state index in [2.05, 4.69) is 10.0 Å². The zero-order valence-corrected chi connectivity index (χ0v) is 13.8. The zero-order valence-electron chi connectivity index (χ0n) is 13.8. The number of rotatable bonds is 13. The molecule has 0 unspecified atom stereocenters. The first-order chi connectivity index (χ1) is 11.8. The fourth-order valence-corrected chi connectivity index (χ4v) is 1.78. The molecule has 0 bridgehead atoms. The number of hydrogen-bond donors (Lipinski definition) is 0. The first-order valence-corrected chi connectivity index (χ1v) is 7.78. The molecular formula is C16H23N3O5. The minimum absolute atomic E-state index is 0.324. The van der Waals surface area contributed by atoms with E-state index in [9.17, 15) is 4.79 Å². The van der Waals surface area contributed by atoms with Crippen LogP contribution in [0.4, 0.5) is 0 Å². The van der Waals surface area contributed by atoms with Crippen molar-refractivity contribution in [2.24, 2.45) is 5.11 Å². The summed E-state index contributed by atoms with van der Waals surface area (Å²) in [5.41, 5.74) is 9.50. The molecule has 0 N–H and O–H groups in total. The van der Waals surface area contributed by atoms with Crippen LogP contribution in [0, 0.1) is 0 Å². The van der Waals surface area contributed by atoms with E-state index >= 15 is 0 Å². The van der Waals surface area contributed by atoms with Gasteiger partial charge in [-0.1, -0.05) is 17.2 Å². The highest BCUT2D eigenvalue weighted by Gasteiger charge is 2.06. The van der Waals surface area contributed by atoms with Gasteiger partial charge in [0.05, 0.1) is 51.8 Å². The van der Waals surface area contributed by atoms with E-state index in [-0.39, 0.29) is 5.97 Å². The average Bonchev–Trinajstić information content (AvgIpc) is 2.60. The van der Waals surface area contributed by atoms with Crippen molar-refractivity contribution >= 4 is 5.97 Å². The normalized spacial score (nSPS) is 10.2. The molecule has 0 amide bonds. The summed E-state index contributed by atoms with van der Waals surface area (Å²) in [6.07, 6.45) is 0. The second-order valence-electron chi connectivity index (χ2n) is 4.65. The number of ether oxygens (including phenoxy) is 4. The summed E-state index contributed by atoms with van der Waals surface area (Å²) in [6, 6.07) is 7.17. The molecule has 0 saturated heterocycles. The smallest absolute Gasteiger partial charge is 0.338 e. The summed E-state index contributed by atoms with van der Waals surface area (Å²) in [5.74, 6) is -0.330. The lowest BCUT2D eigenvalue weighted by atomic mass is 10.1. The van der Waals surface area contributed by atoms with Gasteiger partial charge in [0.25, 0.3) is 0 Å². The molecule has 1 aromatic rings. The second-order valence-corrected chi connectivity index (χ2v) is 4.65. The highest BCUT2D eigenvalue weighted by molar-refractivity contribution is 5.89. The van der Waals surface area contributed by atoms with Crippen LogP contribution in [-0.4, -0.2) is 52.2 Å². The quantitative estimate of drug-likeness (QED) is 0.181. The third-order valence-electron chi connectivity index (χ3n) is 2.85. The van der Waals surface area contributed by atoms with Crippen LogP contribution in [0.15, 0.2) is 29.4 Å². The molecule has 0 aliphatic carbocycles. The lowest BCUT2D eigenvalue weighted by molar-refractivity contribution is 0.0119. The maximum atomic E-state index is 11.6. The molecule has 24 heavy (non-hydrogen) atoms. The lowest BCUT2D eigenvalue weighted by Gasteiger charge is -2.07. The number of esters is 1. The number of azide groups is 1. The molecule has 0 spiro atoms. The molecule has 0 fully saturated rings. The molecule has 8 heteroatoms. The number of carbonyl (C=O) groups is 1. The Labute approximate surface area is 141 Å². The highest BCUT2D eigenvalue weighted by atomic mass is 16.5. The fourth-order valence-electron chi connectivity index (χ4n) is 1.78. The van der Waals surface area contributed by atoms with Crippen molar-refractivity contribution in [1.29, 1.82) is 0 Å². The van der Waals surface area contributed by atoms with Gasteiger partial charge in [-0.15, -0.1) is 0 Å². The van der Waals surface area contributed by atoms with Gasteiger partial charge in [-0.3, -0.25) is 0 Å². The zero-order chi connectivity index (χ0) is 17.5. The summed E-state index contributed by atoms with van der Waals surface area (Å²) in [6.45, 7) is 5.05. The largest absolute Gasteiger partial charge is 0.462 e. The van der Waals surface area contributed by atoms with Gasteiger partial charge in [-0.25, -0.2) is 4.79 Å². The number of hydrogen-bond acceptors (Lipinski definition) is 6. The van der Waals surface area contributed by atoms with Crippen LogP contribution in [-0.2, 0) is 25.6 Å². The Kier molecular flexibility index (Phi) is 11.1. The Morgan fingerprint density at radius 3 is 2.54 bits per heavy atom. The topological polar surface area (TPSA) is 103 Å². The Bertz CT molecular complexity index is 532. The van der Waals surface area contributed by atoms with Gasteiger partial charge in [0.15, 0.2) is 0 Å². The van der Waals surface area contributed by atoms with E-state index in [0.29, 0.717) is 58.4 Å². The number of carbonyl (C=O) groups excluding carboxylic acids is 1. The molecule has 8 nitrogen and oxygen atoms in total. The van der Waals surface area contributed by atoms with Gasteiger partial charge in [0, 0.05) is 11.5 Å². The summed E-state index contributed by atoms with van der Waals surface area (Å²) >= 11 is 0. The summed E-state index contributed by atoms with van der Waals surface area (Å²) in [5, 5.41) is 3.35. The minimum atomic E-state index is -0.330. The van der Waals surface area contributed by atoms with E-state index in [0.717, 1.165) is 5.56 Å². The van der Waals surface area contributed by atoms with Crippen LogP contribution in [0.1, 0.15) is 22.8 Å². The predicted octanol–water partition coefficient (Wildman–Crippen LogP) is 2.72. The lowest BCUT2D eigenvalue weighted by Crippen LogP contribution is -2.10. The molecule has 0 aromatic heterocycles. The van der Waals surface area contributed by atoms with Gasteiger partial charge in [-0.05, 0) is 30.2 Å². The Morgan fingerprint density at radius 1 is 1.12 bits per heavy atom. The Hall–Kier alpha value is -2.12. The van der Waals surface area contributed by atoms with Crippen molar-refractivity contribution in [2.45, 2.75) is 13.5 Å². The summed E-state index contributed by atoms with van der Waals surface area (Å²) in [7, 11) is 0. The van der Waals surface area contributed by atoms with Gasteiger partial charge in [0.2, 0.25) is 0 Å². The van der Waals surface area contributed by atoms with Crippen LogP contribution in [0.3, 0.4) is 0 Å². The molecule has 0 aliphatic rings. The van der Waals surface area contributed by atoms with Crippen molar-refractivity contribution in [2.75, 3.05) is 46.2 Å². The minimum Gasteiger partial charge on any atom is -0.462 e. The van der Waals surface area contributed by atoms with Crippen LogP contribution >= 0.6 is 0 Å². The van der Waals surface area contributed by atoms with Gasteiger partial charge >= 0.3 is 5.97 Å². The maximum Gasteiger partial charge on any atom is 0.338 e. The SMILES string of the molecule is CCOC(=O)c1cccc(COCCOCCOCCN=[N+]=[N-])c1. The first kappa shape index (κ1) is 19.9.